The first-order chi connectivity index (χ1) is 10.7. The number of aliphatic hydroxyl groups excluding tert-OH is 5. The largest absolute Gasteiger partial charge is 0.448 e. The summed E-state index contributed by atoms with van der Waals surface area (Å²) >= 11 is 1.48. The molecule has 0 radical (unpaired) electrons. The fraction of sp³-hybridized carbons (Fsp3) is 0.818. The number of aliphatic hydroxyl groups is 5. The van der Waals surface area contributed by atoms with Crippen molar-refractivity contribution in [2.75, 3.05) is 19.8 Å². The van der Waals surface area contributed by atoms with E-state index in [9.17, 15) is 30.0 Å². The average molecular weight is 451 g/mol. The Balaban J connectivity index is 2.73. The Kier molecular flexibility index (Phi) is 7.37. The standard InChI is InChI=1S/C11H18INO10/c12-11(2-15,3-21-10(13)20)9(19)23-8-6(18)5(17)7(22-8)4(16)1-14/h4-8,14-18H,1-3H2,(H2,13,20)/t4?,5-,6+,7-,8?,11?/m1/s1. The van der Waals surface area contributed by atoms with Crippen LogP contribution in [0.25, 0.3) is 0 Å². The maximum Gasteiger partial charge on any atom is 0.404 e. The highest BCUT2D eigenvalue weighted by Crippen LogP contribution is 2.28. The van der Waals surface area contributed by atoms with Crippen LogP contribution in [0.4, 0.5) is 4.79 Å². The molecule has 0 aromatic heterocycles. The number of rotatable bonds is 7. The molecule has 1 aliphatic rings. The molecule has 1 aliphatic heterocycles. The van der Waals surface area contributed by atoms with Crippen molar-refractivity contribution in [1.29, 1.82) is 0 Å². The number of hydrogen-bond donors (Lipinski definition) is 6. The van der Waals surface area contributed by atoms with Crippen LogP contribution in [0.15, 0.2) is 0 Å². The van der Waals surface area contributed by atoms with E-state index >= 15 is 0 Å². The van der Waals surface area contributed by atoms with Gasteiger partial charge in [-0.15, -0.1) is 0 Å². The molecule has 0 aromatic rings. The Hall–Kier alpha value is -0.770. The van der Waals surface area contributed by atoms with Gasteiger partial charge in [0.2, 0.25) is 6.29 Å². The molecule has 0 aromatic carbocycles. The average Bonchev–Trinajstić information content (AvgIpc) is 2.80. The number of nitrogens with two attached hydrogens (primary N) is 1. The zero-order valence-electron chi connectivity index (χ0n) is 11.7. The fourth-order valence-corrected chi connectivity index (χ4v) is 2.04. The van der Waals surface area contributed by atoms with Crippen LogP contribution in [-0.2, 0) is 19.0 Å². The lowest BCUT2D eigenvalue weighted by atomic mass is 10.1. The molecule has 134 valence electrons. The Morgan fingerprint density at radius 1 is 1.30 bits per heavy atom. The van der Waals surface area contributed by atoms with Gasteiger partial charge in [-0.3, -0.25) is 4.79 Å². The summed E-state index contributed by atoms with van der Waals surface area (Å²) in [7, 11) is 0. The second kappa shape index (κ2) is 8.36. The smallest absolute Gasteiger partial charge is 0.404 e. The molecule has 7 N–H and O–H groups in total. The second-order valence-corrected chi connectivity index (χ2v) is 6.90. The summed E-state index contributed by atoms with van der Waals surface area (Å²) in [4.78, 5) is 22.6. The first kappa shape index (κ1) is 20.3. The normalized spacial score (nSPS) is 31.2. The minimum Gasteiger partial charge on any atom is -0.448 e. The van der Waals surface area contributed by atoms with E-state index in [1.54, 1.807) is 0 Å². The molecule has 1 heterocycles. The monoisotopic (exact) mass is 451 g/mol. The van der Waals surface area contributed by atoms with Crippen LogP contribution in [-0.4, -0.2) is 91.5 Å². The molecule has 3 unspecified atom stereocenters. The SMILES string of the molecule is NC(=O)OCC(I)(CO)C(=O)OC1O[C@H](C(O)CO)[C@H](O)[C@@H]1O. The molecule has 6 atom stereocenters. The number of hydrogen-bond acceptors (Lipinski definition) is 10. The van der Waals surface area contributed by atoms with Crippen molar-refractivity contribution in [3.05, 3.63) is 0 Å². The van der Waals surface area contributed by atoms with Crippen LogP contribution in [0.2, 0.25) is 0 Å². The number of esters is 1. The Bertz CT molecular complexity index is 437. The van der Waals surface area contributed by atoms with Crippen LogP contribution >= 0.6 is 22.6 Å². The van der Waals surface area contributed by atoms with Crippen LogP contribution in [0, 0.1) is 0 Å². The van der Waals surface area contributed by atoms with E-state index in [1.165, 1.54) is 22.6 Å². The Labute approximate surface area is 144 Å². The summed E-state index contributed by atoms with van der Waals surface area (Å²) in [6.07, 6.45) is -8.95. The number of ether oxygens (including phenoxy) is 3. The van der Waals surface area contributed by atoms with Crippen molar-refractivity contribution < 1.29 is 49.3 Å². The van der Waals surface area contributed by atoms with E-state index in [0.29, 0.717) is 0 Å². The third-order valence-corrected chi connectivity index (χ3v) is 4.20. The predicted molar refractivity (Wildman–Crippen MR) is 79.2 cm³/mol. The summed E-state index contributed by atoms with van der Waals surface area (Å²) in [5.74, 6) is -1.10. The van der Waals surface area contributed by atoms with Gasteiger partial charge in [-0.25, -0.2) is 4.79 Å². The van der Waals surface area contributed by atoms with E-state index in [-0.39, 0.29) is 0 Å². The van der Waals surface area contributed by atoms with E-state index in [1.807, 2.05) is 0 Å². The summed E-state index contributed by atoms with van der Waals surface area (Å²) < 4.78 is 12.6. The zero-order valence-corrected chi connectivity index (χ0v) is 13.9. The number of alkyl halides is 1. The van der Waals surface area contributed by atoms with Crippen molar-refractivity contribution in [3.63, 3.8) is 0 Å². The first-order valence-electron chi connectivity index (χ1n) is 6.40. The third-order valence-electron chi connectivity index (χ3n) is 3.11. The van der Waals surface area contributed by atoms with Gasteiger partial charge in [-0.1, -0.05) is 22.6 Å². The minimum atomic E-state index is -1.70. The molecule has 1 amide bonds. The molecule has 23 heavy (non-hydrogen) atoms. The van der Waals surface area contributed by atoms with Gasteiger partial charge in [0, 0.05) is 0 Å². The van der Waals surface area contributed by atoms with Gasteiger partial charge < -0.3 is 45.5 Å². The van der Waals surface area contributed by atoms with Gasteiger partial charge in [0.25, 0.3) is 0 Å². The summed E-state index contributed by atoms with van der Waals surface area (Å²) in [6, 6.07) is 0. The molecule has 1 rings (SSSR count). The molecule has 1 saturated heterocycles. The predicted octanol–water partition coefficient (Wildman–Crippen LogP) is -3.41. The molecular formula is C11H18INO10. The molecule has 11 nitrogen and oxygen atoms in total. The number of primary amides is 1. The topological polar surface area (TPSA) is 189 Å². The molecule has 0 saturated carbocycles. The van der Waals surface area contributed by atoms with Gasteiger partial charge in [-0.2, -0.15) is 0 Å². The van der Waals surface area contributed by atoms with Crippen molar-refractivity contribution in [2.24, 2.45) is 5.73 Å². The van der Waals surface area contributed by atoms with Crippen LogP contribution in [0.3, 0.4) is 0 Å². The highest BCUT2D eigenvalue weighted by molar-refractivity contribution is 14.1. The van der Waals surface area contributed by atoms with Gasteiger partial charge in [0.1, 0.15) is 31.0 Å². The van der Waals surface area contributed by atoms with Crippen molar-refractivity contribution in [2.45, 2.75) is 34.1 Å². The summed E-state index contributed by atoms with van der Waals surface area (Å²) in [6.45, 7) is -2.10. The van der Waals surface area contributed by atoms with Crippen molar-refractivity contribution >= 4 is 34.7 Å². The number of carbonyl (C=O) groups excluding carboxylic acids is 2. The van der Waals surface area contributed by atoms with Crippen molar-refractivity contribution in [1.82, 2.24) is 0 Å². The van der Waals surface area contributed by atoms with Gasteiger partial charge in [-0.05, 0) is 0 Å². The van der Waals surface area contributed by atoms with E-state index in [4.69, 9.17) is 20.3 Å². The van der Waals surface area contributed by atoms with Gasteiger partial charge in [0.05, 0.1) is 13.2 Å². The van der Waals surface area contributed by atoms with Gasteiger partial charge in [0.15, 0.2) is 3.42 Å². The van der Waals surface area contributed by atoms with Crippen LogP contribution < -0.4 is 5.73 Å². The fourth-order valence-electron chi connectivity index (χ4n) is 1.76. The molecule has 0 aliphatic carbocycles. The molecule has 0 bridgehead atoms. The number of amides is 1. The first-order valence-corrected chi connectivity index (χ1v) is 7.47. The summed E-state index contributed by atoms with van der Waals surface area (Å²) in [5, 5.41) is 47.0. The van der Waals surface area contributed by atoms with E-state index < -0.39 is 66.0 Å². The Morgan fingerprint density at radius 2 is 1.91 bits per heavy atom. The second-order valence-electron chi connectivity index (χ2n) is 4.84. The number of halogens is 1. The molecular weight excluding hydrogens is 433 g/mol. The molecule has 0 spiro atoms. The zero-order chi connectivity index (χ0) is 17.8. The lowest BCUT2D eigenvalue weighted by Gasteiger charge is -2.25. The quantitative estimate of drug-likeness (QED) is 0.129. The molecule has 1 fully saturated rings. The summed E-state index contributed by atoms with van der Waals surface area (Å²) in [5.41, 5.74) is 4.78. The lowest BCUT2D eigenvalue weighted by molar-refractivity contribution is -0.198. The highest BCUT2D eigenvalue weighted by Gasteiger charge is 2.50. The van der Waals surface area contributed by atoms with Gasteiger partial charge >= 0.3 is 12.1 Å². The maximum atomic E-state index is 12.1. The highest BCUT2D eigenvalue weighted by atomic mass is 127. The van der Waals surface area contributed by atoms with E-state index in [0.717, 1.165) is 0 Å². The van der Waals surface area contributed by atoms with Crippen LogP contribution in [0.1, 0.15) is 0 Å². The third kappa shape index (κ3) is 4.85. The Morgan fingerprint density at radius 3 is 2.39 bits per heavy atom. The molecule has 12 heteroatoms. The maximum absolute atomic E-state index is 12.1. The number of carbonyl (C=O) groups is 2. The van der Waals surface area contributed by atoms with E-state index in [2.05, 4.69) is 4.74 Å². The van der Waals surface area contributed by atoms with Crippen molar-refractivity contribution in [3.8, 4) is 0 Å². The minimum absolute atomic E-state index is 0.591. The lowest BCUT2D eigenvalue weighted by Crippen LogP contribution is -2.46. The van der Waals surface area contributed by atoms with Crippen LogP contribution in [0.5, 0.6) is 0 Å².